The second-order valence-electron chi connectivity index (χ2n) is 5.47. The number of halogens is 1. The van der Waals surface area contributed by atoms with E-state index in [9.17, 15) is 9.18 Å². The van der Waals surface area contributed by atoms with Gasteiger partial charge in [-0.25, -0.2) is 4.39 Å². The van der Waals surface area contributed by atoms with Crippen molar-refractivity contribution in [2.75, 3.05) is 31.1 Å². The van der Waals surface area contributed by atoms with Crippen molar-refractivity contribution in [3.8, 4) is 0 Å². The lowest BCUT2D eigenvalue weighted by atomic mass is 10.0. The van der Waals surface area contributed by atoms with Crippen molar-refractivity contribution < 1.29 is 9.18 Å². The van der Waals surface area contributed by atoms with E-state index in [0.29, 0.717) is 12.1 Å². The Labute approximate surface area is 125 Å². The van der Waals surface area contributed by atoms with E-state index in [4.69, 9.17) is 0 Å². The minimum atomic E-state index is -0.215. The topological polar surface area (TPSA) is 44.4 Å². The fourth-order valence-electron chi connectivity index (χ4n) is 2.70. The largest absolute Gasteiger partial charge is 0.362 e. The summed E-state index contributed by atoms with van der Waals surface area (Å²) in [7, 11) is 0. The highest BCUT2D eigenvalue weighted by atomic mass is 19.1. The van der Waals surface area contributed by atoms with E-state index in [1.807, 2.05) is 17.9 Å². The van der Waals surface area contributed by atoms with Gasteiger partial charge in [-0.15, -0.1) is 0 Å². The van der Waals surface area contributed by atoms with E-state index in [1.165, 1.54) is 6.07 Å². The normalized spacial score (nSPS) is 17.3. The van der Waals surface area contributed by atoms with Gasteiger partial charge in [-0.1, -0.05) is 13.0 Å². The highest BCUT2D eigenvalue weighted by Crippen LogP contribution is 2.29. The number of anilines is 1. The van der Waals surface area contributed by atoms with Gasteiger partial charge in [-0.3, -0.25) is 4.79 Å². The molecule has 1 aliphatic rings. The SMILES string of the molecule is CCCNC(C)c1c(F)cccc1N1CCCNC(=O)C1. The van der Waals surface area contributed by atoms with Crippen LogP contribution in [0.2, 0.25) is 0 Å². The van der Waals surface area contributed by atoms with Gasteiger partial charge in [-0.05, 0) is 38.4 Å². The molecule has 1 fully saturated rings. The maximum atomic E-state index is 14.3. The van der Waals surface area contributed by atoms with Gasteiger partial charge in [0.25, 0.3) is 0 Å². The minimum Gasteiger partial charge on any atom is -0.362 e. The quantitative estimate of drug-likeness (QED) is 0.875. The molecule has 0 bridgehead atoms. The minimum absolute atomic E-state index is 0.00289. The number of nitrogens with one attached hydrogen (secondary N) is 2. The first-order chi connectivity index (χ1) is 10.1. The number of amides is 1. The number of nitrogens with zero attached hydrogens (tertiary/aromatic N) is 1. The average Bonchev–Trinajstić information content (AvgIpc) is 2.69. The predicted molar refractivity (Wildman–Crippen MR) is 82.9 cm³/mol. The maximum Gasteiger partial charge on any atom is 0.239 e. The molecule has 21 heavy (non-hydrogen) atoms. The van der Waals surface area contributed by atoms with Crippen LogP contribution in [0.15, 0.2) is 18.2 Å². The highest BCUT2D eigenvalue weighted by molar-refractivity contribution is 5.82. The molecule has 1 aliphatic heterocycles. The Morgan fingerprint density at radius 2 is 2.29 bits per heavy atom. The van der Waals surface area contributed by atoms with Crippen LogP contribution in [0, 0.1) is 5.82 Å². The van der Waals surface area contributed by atoms with Gasteiger partial charge >= 0.3 is 0 Å². The molecule has 0 saturated carbocycles. The van der Waals surface area contributed by atoms with E-state index >= 15 is 0 Å². The third-order valence-electron chi connectivity index (χ3n) is 3.77. The van der Waals surface area contributed by atoms with E-state index in [2.05, 4.69) is 17.6 Å². The second-order valence-corrected chi connectivity index (χ2v) is 5.47. The molecule has 0 spiro atoms. The first-order valence-corrected chi connectivity index (χ1v) is 7.67. The van der Waals surface area contributed by atoms with Crippen LogP contribution in [0.4, 0.5) is 10.1 Å². The third kappa shape index (κ3) is 3.94. The van der Waals surface area contributed by atoms with Crippen molar-refractivity contribution >= 4 is 11.6 Å². The van der Waals surface area contributed by atoms with Gasteiger partial charge < -0.3 is 15.5 Å². The van der Waals surface area contributed by atoms with Crippen LogP contribution in [0.5, 0.6) is 0 Å². The zero-order chi connectivity index (χ0) is 15.2. The highest BCUT2D eigenvalue weighted by Gasteiger charge is 2.22. The van der Waals surface area contributed by atoms with Gasteiger partial charge in [0, 0.05) is 30.4 Å². The van der Waals surface area contributed by atoms with Crippen LogP contribution < -0.4 is 15.5 Å². The third-order valence-corrected chi connectivity index (χ3v) is 3.77. The average molecular weight is 293 g/mol. The molecule has 5 heteroatoms. The molecule has 1 atom stereocenters. The summed E-state index contributed by atoms with van der Waals surface area (Å²) in [5, 5.41) is 6.18. The first-order valence-electron chi connectivity index (χ1n) is 7.67. The van der Waals surface area contributed by atoms with Crippen molar-refractivity contribution in [1.82, 2.24) is 10.6 Å². The van der Waals surface area contributed by atoms with Crippen molar-refractivity contribution in [1.29, 1.82) is 0 Å². The molecule has 1 heterocycles. The summed E-state index contributed by atoms with van der Waals surface area (Å²) in [6.07, 6.45) is 1.87. The number of hydrogen-bond donors (Lipinski definition) is 2. The molecule has 2 rings (SSSR count). The molecule has 2 N–H and O–H groups in total. The zero-order valence-corrected chi connectivity index (χ0v) is 12.8. The molecule has 0 aromatic heterocycles. The summed E-state index contributed by atoms with van der Waals surface area (Å²) in [4.78, 5) is 13.7. The number of carbonyl (C=O) groups is 1. The molecule has 1 saturated heterocycles. The summed E-state index contributed by atoms with van der Waals surface area (Å²) < 4.78 is 14.3. The summed E-state index contributed by atoms with van der Waals surface area (Å²) in [5.41, 5.74) is 1.48. The summed E-state index contributed by atoms with van der Waals surface area (Å²) in [5.74, 6) is -0.217. The fourth-order valence-corrected chi connectivity index (χ4v) is 2.70. The van der Waals surface area contributed by atoms with Crippen molar-refractivity contribution in [3.05, 3.63) is 29.6 Å². The Bertz CT molecular complexity index is 492. The van der Waals surface area contributed by atoms with Crippen LogP contribution in [-0.4, -0.2) is 32.1 Å². The van der Waals surface area contributed by atoms with E-state index in [-0.39, 0.29) is 24.3 Å². The van der Waals surface area contributed by atoms with Crippen molar-refractivity contribution in [3.63, 3.8) is 0 Å². The summed E-state index contributed by atoms with van der Waals surface area (Å²) >= 11 is 0. The summed E-state index contributed by atoms with van der Waals surface area (Å²) in [6, 6.07) is 5.03. The second kappa shape index (κ2) is 7.41. The Kier molecular flexibility index (Phi) is 5.56. The van der Waals surface area contributed by atoms with Crippen molar-refractivity contribution in [2.24, 2.45) is 0 Å². The smallest absolute Gasteiger partial charge is 0.239 e. The number of carbonyl (C=O) groups excluding carboxylic acids is 1. The molecule has 4 nitrogen and oxygen atoms in total. The van der Waals surface area contributed by atoms with Crippen LogP contribution >= 0.6 is 0 Å². The van der Waals surface area contributed by atoms with Gasteiger partial charge in [0.15, 0.2) is 0 Å². The van der Waals surface area contributed by atoms with Gasteiger partial charge in [0.1, 0.15) is 5.82 Å². The first kappa shape index (κ1) is 15.8. The zero-order valence-electron chi connectivity index (χ0n) is 12.8. The molecular formula is C16H24FN3O. The number of hydrogen-bond acceptors (Lipinski definition) is 3. The lowest BCUT2D eigenvalue weighted by Crippen LogP contribution is -2.34. The standard InChI is InChI=1S/C16H24FN3O/c1-3-8-18-12(2)16-13(17)6-4-7-14(16)20-10-5-9-19-15(21)11-20/h4,6-7,12,18H,3,5,8-11H2,1-2H3,(H,19,21). The molecule has 0 aliphatic carbocycles. The Balaban J connectivity index is 2.29. The van der Waals surface area contributed by atoms with Gasteiger partial charge in [0.2, 0.25) is 5.91 Å². The molecule has 1 aromatic rings. The van der Waals surface area contributed by atoms with Crippen LogP contribution in [-0.2, 0) is 4.79 Å². The lowest BCUT2D eigenvalue weighted by Gasteiger charge is -2.27. The number of benzene rings is 1. The molecule has 1 aromatic carbocycles. The maximum absolute atomic E-state index is 14.3. The molecule has 116 valence electrons. The molecular weight excluding hydrogens is 269 g/mol. The molecule has 0 radical (unpaired) electrons. The van der Waals surface area contributed by atoms with E-state index in [1.54, 1.807) is 6.07 Å². The predicted octanol–water partition coefficient (Wildman–Crippen LogP) is 2.21. The Morgan fingerprint density at radius 3 is 3.05 bits per heavy atom. The number of rotatable bonds is 5. The van der Waals surface area contributed by atoms with Crippen LogP contribution in [0.25, 0.3) is 0 Å². The summed E-state index contributed by atoms with van der Waals surface area (Å²) in [6.45, 7) is 6.63. The monoisotopic (exact) mass is 293 g/mol. The lowest BCUT2D eigenvalue weighted by molar-refractivity contribution is -0.119. The van der Waals surface area contributed by atoms with Gasteiger partial charge in [-0.2, -0.15) is 0 Å². The molecule has 1 unspecified atom stereocenters. The van der Waals surface area contributed by atoms with Crippen LogP contribution in [0.3, 0.4) is 0 Å². The Hall–Kier alpha value is -1.62. The van der Waals surface area contributed by atoms with Gasteiger partial charge in [0.05, 0.1) is 6.54 Å². The van der Waals surface area contributed by atoms with E-state index in [0.717, 1.165) is 31.6 Å². The Morgan fingerprint density at radius 1 is 1.48 bits per heavy atom. The fraction of sp³-hybridized carbons (Fsp3) is 0.562. The van der Waals surface area contributed by atoms with Crippen LogP contribution in [0.1, 0.15) is 38.3 Å². The van der Waals surface area contributed by atoms with E-state index < -0.39 is 0 Å². The molecule has 1 amide bonds. The van der Waals surface area contributed by atoms with Crippen molar-refractivity contribution in [2.45, 2.75) is 32.7 Å².